The van der Waals surface area contributed by atoms with E-state index >= 15 is 0 Å². The fourth-order valence-corrected chi connectivity index (χ4v) is 3.76. The van der Waals surface area contributed by atoms with Gasteiger partial charge in [0.25, 0.3) is 0 Å². The molecule has 3 rings (SSSR count). The van der Waals surface area contributed by atoms with Gasteiger partial charge < -0.3 is 14.2 Å². The molecule has 1 amide bonds. The first kappa shape index (κ1) is 18.8. The molecule has 0 radical (unpaired) electrons. The summed E-state index contributed by atoms with van der Waals surface area (Å²) < 4.78 is 7.68. The van der Waals surface area contributed by atoms with Gasteiger partial charge in [0, 0.05) is 20.1 Å². The number of piperidine rings is 1. The molecule has 0 bridgehead atoms. The molecule has 0 N–H and O–H groups in total. The average Bonchev–Trinajstić information content (AvgIpc) is 2.98. The van der Waals surface area contributed by atoms with E-state index in [2.05, 4.69) is 17.1 Å². The van der Waals surface area contributed by atoms with Crippen molar-refractivity contribution in [3.63, 3.8) is 0 Å². The van der Waals surface area contributed by atoms with Crippen LogP contribution >= 0.6 is 11.8 Å². The van der Waals surface area contributed by atoms with Crippen LogP contribution in [0.2, 0.25) is 0 Å². The van der Waals surface area contributed by atoms with Gasteiger partial charge in [-0.1, -0.05) is 30.8 Å². The first-order valence-corrected chi connectivity index (χ1v) is 10.00. The Balaban J connectivity index is 1.51. The van der Waals surface area contributed by atoms with Crippen molar-refractivity contribution < 1.29 is 9.53 Å². The lowest BCUT2D eigenvalue weighted by Gasteiger charge is -2.30. The summed E-state index contributed by atoms with van der Waals surface area (Å²) in [6.07, 6.45) is 2.20. The number of nitrogens with zero attached hydrogens (tertiary/aromatic N) is 4. The molecule has 1 aliphatic rings. The van der Waals surface area contributed by atoms with Crippen LogP contribution in [0.25, 0.3) is 0 Å². The molecule has 2 aromatic rings. The van der Waals surface area contributed by atoms with Crippen molar-refractivity contribution in [3.8, 4) is 5.75 Å². The number of aromatic nitrogens is 3. The van der Waals surface area contributed by atoms with Gasteiger partial charge in [-0.3, -0.25) is 4.79 Å². The summed E-state index contributed by atoms with van der Waals surface area (Å²) in [5, 5.41) is 9.14. The van der Waals surface area contributed by atoms with Crippen LogP contribution < -0.4 is 4.74 Å². The standard InChI is InChI=1S/C19H26N4O2S/c1-14-7-9-23(10-8-14)18(24)13-26-19-21-20-17(22(19)3)12-25-16-6-4-5-15(2)11-16/h4-6,11,14H,7-10,12-13H2,1-3H3. The van der Waals surface area contributed by atoms with E-state index < -0.39 is 0 Å². The maximum Gasteiger partial charge on any atom is 0.233 e. The van der Waals surface area contributed by atoms with Crippen molar-refractivity contribution in [2.24, 2.45) is 13.0 Å². The lowest BCUT2D eigenvalue weighted by atomic mass is 9.99. The van der Waals surface area contributed by atoms with Crippen molar-refractivity contribution in [2.75, 3.05) is 18.8 Å². The Morgan fingerprint density at radius 2 is 2.08 bits per heavy atom. The van der Waals surface area contributed by atoms with E-state index in [4.69, 9.17) is 4.74 Å². The minimum Gasteiger partial charge on any atom is -0.486 e. The van der Waals surface area contributed by atoms with Gasteiger partial charge in [0.05, 0.1) is 5.75 Å². The number of rotatable bonds is 6. The molecule has 1 aromatic carbocycles. The molecule has 0 unspecified atom stereocenters. The Kier molecular flexibility index (Phi) is 6.19. The summed E-state index contributed by atoms with van der Waals surface area (Å²) in [7, 11) is 1.91. The third-order valence-corrected chi connectivity index (χ3v) is 5.75. The van der Waals surface area contributed by atoms with Gasteiger partial charge in [0.1, 0.15) is 12.4 Å². The molecule has 6 nitrogen and oxygen atoms in total. The number of hydrogen-bond donors (Lipinski definition) is 0. The minimum atomic E-state index is 0.183. The summed E-state index contributed by atoms with van der Waals surface area (Å²) in [6.45, 7) is 6.37. The van der Waals surface area contributed by atoms with Crippen LogP contribution in [-0.4, -0.2) is 44.4 Å². The highest BCUT2D eigenvalue weighted by Gasteiger charge is 2.21. The second-order valence-corrected chi connectivity index (χ2v) is 7.86. The lowest BCUT2D eigenvalue weighted by Crippen LogP contribution is -2.38. The first-order valence-electron chi connectivity index (χ1n) is 9.01. The molecule has 0 saturated carbocycles. The maximum atomic E-state index is 12.4. The van der Waals surface area contributed by atoms with Gasteiger partial charge >= 0.3 is 0 Å². The van der Waals surface area contributed by atoms with E-state index in [-0.39, 0.29) is 5.91 Å². The molecule has 0 atom stereocenters. The molecule has 2 heterocycles. The zero-order valence-electron chi connectivity index (χ0n) is 15.6. The molecule has 1 saturated heterocycles. The molecule has 0 spiro atoms. The minimum absolute atomic E-state index is 0.183. The average molecular weight is 375 g/mol. The molecule has 7 heteroatoms. The Bertz CT molecular complexity index is 754. The second-order valence-electron chi connectivity index (χ2n) is 6.91. The molecule has 1 aliphatic heterocycles. The van der Waals surface area contributed by atoms with Crippen LogP contribution in [-0.2, 0) is 18.4 Å². The van der Waals surface area contributed by atoms with Crippen LogP contribution in [0.4, 0.5) is 0 Å². The monoisotopic (exact) mass is 374 g/mol. The van der Waals surface area contributed by atoms with E-state index in [1.54, 1.807) is 0 Å². The van der Waals surface area contributed by atoms with E-state index in [9.17, 15) is 4.79 Å². The summed E-state index contributed by atoms with van der Waals surface area (Å²) in [5.41, 5.74) is 1.15. The number of ether oxygens (including phenoxy) is 1. The van der Waals surface area contributed by atoms with Crippen LogP contribution in [0.15, 0.2) is 29.4 Å². The predicted octanol–water partition coefficient (Wildman–Crippen LogP) is 3.05. The third-order valence-electron chi connectivity index (χ3n) is 4.74. The van der Waals surface area contributed by atoms with Crippen molar-refractivity contribution in [2.45, 2.75) is 38.5 Å². The number of aryl methyl sites for hydroxylation is 1. The van der Waals surface area contributed by atoms with Gasteiger partial charge in [-0.25, -0.2) is 0 Å². The molecule has 1 aromatic heterocycles. The largest absolute Gasteiger partial charge is 0.486 e. The second kappa shape index (κ2) is 8.58. The highest BCUT2D eigenvalue weighted by molar-refractivity contribution is 7.99. The van der Waals surface area contributed by atoms with Crippen LogP contribution in [0.5, 0.6) is 5.75 Å². The smallest absolute Gasteiger partial charge is 0.233 e. The number of amides is 1. The molecular weight excluding hydrogens is 348 g/mol. The number of carbonyl (C=O) groups is 1. The highest BCUT2D eigenvalue weighted by Crippen LogP contribution is 2.21. The van der Waals surface area contributed by atoms with Gasteiger partial charge in [-0.05, 0) is 43.4 Å². The summed E-state index contributed by atoms with van der Waals surface area (Å²) in [6, 6.07) is 7.92. The van der Waals surface area contributed by atoms with Crippen molar-refractivity contribution in [3.05, 3.63) is 35.7 Å². The van der Waals surface area contributed by atoms with Gasteiger partial charge in [-0.2, -0.15) is 0 Å². The van der Waals surface area contributed by atoms with Gasteiger partial charge in [0.15, 0.2) is 11.0 Å². The fraction of sp³-hybridized carbons (Fsp3) is 0.526. The first-order chi connectivity index (χ1) is 12.5. The lowest BCUT2D eigenvalue weighted by molar-refractivity contribution is -0.129. The molecule has 26 heavy (non-hydrogen) atoms. The Morgan fingerprint density at radius 3 is 2.81 bits per heavy atom. The number of carbonyl (C=O) groups excluding carboxylic acids is 1. The molecule has 1 fully saturated rings. The Hall–Kier alpha value is -2.02. The number of likely N-dealkylation sites (tertiary alicyclic amines) is 1. The SMILES string of the molecule is Cc1cccc(OCc2nnc(SCC(=O)N3CCC(C)CC3)n2C)c1. The predicted molar refractivity (Wildman–Crippen MR) is 102 cm³/mol. The normalized spacial score (nSPS) is 15.3. The van der Waals surface area contributed by atoms with E-state index in [1.807, 2.05) is 47.7 Å². The maximum absolute atomic E-state index is 12.4. The highest BCUT2D eigenvalue weighted by atomic mass is 32.2. The third kappa shape index (κ3) is 4.78. The van der Waals surface area contributed by atoms with Crippen LogP contribution in [0, 0.1) is 12.8 Å². The summed E-state index contributed by atoms with van der Waals surface area (Å²) in [4.78, 5) is 14.3. The van der Waals surface area contributed by atoms with Gasteiger partial charge in [0.2, 0.25) is 5.91 Å². The zero-order valence-corrected chi connectivity index (χ0v) is 16.5. The fourth-order valence-electron chi connectivity index (χ4n) is 2.93. The quantitative estimate of drug-likeness (QED) is 0.727. The zero-order chi connectivity index (χ0) is 18.5. The molecule has 140 valence electrons. The van der Waals surface area contributed by atoms with E-state index in [0.29, 0.717) is 12.4 Å². The molecular formula is C19H26N4O2S. The summed E-state index contributed by atoms with van der Waals surface area (Å²) in [5.74, 6) is 2.87. The van der Waals surface area contributed by atoms with Crippen LogP contribution in [0.1, 0.15) is 31.2 Å². The summed E-state index contributed by atoms with van der Waals surface area (Å²) >= 11 is 1.44. The van der Waals surface area contributed by atoms with E-state index in [1.165, 1.54) is 11.8 Å². The van der Waals surface area contributed by atoms with Crippen molar-refractivity contribution in [1.29, 1.82) is 0 Å². The van der Waals surface area contributed by atoms with E-state index in [0.717, 1.165) is 54.1 Å². The van der Waals surface area contributed by atoms with Gasteiger partial charge in [-0.15, -0.1) is 10.2 Å². The topological polar surface area (TPSA) is 60.3 Å². The Morgan fingerprint density at radius 1 is 1.31 bits per heavy atom. The number of hydrogen-bond acceptors (Lipinski definition) is 5. The van der Waals surface area contributed by atoms with Crippen molar-refractivity contribution >= 4 is 17.7 Å². The number of thioether (sulfide) groups is 1. The van der Waals surface area contributed by atoms with Crippen LogP contribution in [0.3, 0.4) is 0 Å². The molecule has 0 aliphatic carbocycles. The van der Waals surface area contributed by atoms with Crippen molar-refractivity contribution in [1.82, 2.24) is 19.7 Å². The number of benzene rings is 1. The Labute approximate surface area is 158 Å².